The van der Waals surface area contributed by atoms with E-state index in [0.717, 1.165) is 23.1 Å². The van der Waals surface area contributed by atoms with Crippen LogP contribution in [0.1, 0.15) is 0 Å². The number of aromatic hydroxyl groups is 1. The van der Waals surface area contributed by atoms with Crippen LogP contribution in [-0.2, 0) is 4.74 Å². The predicted octanol–water partition coefficient (Wildman–Crippen LogP) is 2.32. The molecule has 0 spiro atoms. The zero-order valence-corrected chi connectivity index (χ0v) is 8.72. The van der Waals surface area contributed by atoms with Crippen molar-refractivity contribution in [3.05, 3.63) is 36.4 Å². The molecule has 0 amide bonds. The van der Waals surface area contributed by atoms with E-state index >= 15 is 0 Å². The summed E-state index contributed by atoms with van der Waals surface area (Å²) < 4.78 is 10.8. The highest BCUT2D eigenvalue weighted by molar-refractivity contribution is 5.92. The molecule has 2 aromatic carbocycles. The van der Waals surface area contributed by atoms with Crippen molar-refractivity contribution >= 4 is 10.8 Å². The van der Waals surface area contributed by atoms with Crippen molar-refractivity contribution in [2.24, 2.45) is 0 Å². The lowest BCUT2D eigenvalue weighted by atomic mass is 10.1. The average molecular weight is 216 g/mol. The molecular formula is C13H12O3. The standard InChI is InChI=1S/C13H12O3/c14-12-5-6-13(16-8-9-7-15-9)11-4-2-1-3-10(11)12/h1-6,9,14H,7-8H2. The smallest absolute Gasteiger partial charge is 0.127 e. The maximum Gasteiger partial charge on any atom is 0.127 e. The van der Waals surface area contributed by atoms with E-state index in [9.17, 15) is 5.11 Å². The Balaban J connectivity index is 1.99. The highest BCUT2D eigenvalue weighted by Crippen LogP contribution is 2.32. The summed E-state index contributed by atoms with van der Waals surface area (Å²) in [6, 6.07) is 11.1. The van der Waals surface area contributed by atoms with Gasteiger partial charge in [-0.05, 0) is 12.1 Å². The van der Waals surface area contributed by atoms with Crippen molar-refractivity contribution in [1.82, 2.24) is 0 Å². The van der Waals surface area contributed by atoms with Crippen LogP contribution in [0.5, 0.6) is 11.5 Å². The van der Waals surface area contributed by atoms with Crippen LogP contribution in [0.15, 0.2) is 36.4 Å². The molecule has 82 valence electrons. The Morgan fingerprint density at radius 2 is 1.94 bits per heavy atom. The average Bonchev–Trinajstić information content (AvgIpc) is 3.13. The molecule has 1 fully saturated rings. The third-order valence-corrected chi connectivity index (χ3v) is 2.69. The first kappa shape index (κ1) is 9.48. The van der Waals surface area contributed by atoms with Crippen LogP contribution < -0.4 is 4.74 Å². The topological polar surface area (TPSA) is 42.0 Å². The van der Waals surface area contributed by atoms with E-state index in [-0.39, 0.29) is 11.9 Å². The van der Waals surface area contributed by atoms with Crippen molar-refractivity contribution in [2.45, 2.75) is 6.10 Å². The molecule has 3 nitrogen and oxygen atoms in total. The molecule has 0 saturated carbocycles. The van der Waals surface area contributed by atoms with Crippen LogP contribution >= 0.6 is 0 Å². The van der Waals surface area contributed by atoms with Gasteiger partial charge in [-0.3, -0.25) is 0 Å². The van der Waals surface area contributed by atoms with E-state index in [2.05, 4.69) is 0 Å². The van der Waals surface area contributed by atoms with Crippen LogP contribution in [0.2, 0.25) is 0 Å². The Hall–Kier alpha value is -1.74. The molecule has 0 aliphatic carbocycles. The molecule has 1 aliphatic rings. The van der Waals surface area contributed by atoms with Crippen molar-refractivity contribution in [3.63, 3.8) is 0 Å². The third-order valence-electron chi connectivity index (χ3n) is 2.69. The SMILES string of the molecule is Oc1ccc(OCC2CO2)c2ccccc12. The monoisotopic (exact) mass is 216 g/mol. The summed E-state index contributed by atoms with van der Waals surface area (Å²) >= 11 is 0. The Labute approximate surface area is 93.2 Å². The van der Waals surface area contributed by atoms with Crippen molar-refractivity contribution in [1.29, 1.82) is 0 Å². The summed E-state index contributed by atoms with van der Waals surface area (Å²) in [6.07, 6.45) is 0.243. The summed E-state index contributed by atoms with van der Waals surface area (Å²) in [7, 11) is 0. The van der Waals surface area contributed by atoms with Crippen molar-refractivity contribution in [2.75, 3.05) is 13.2 Å². The third kappa shape index (κ3) is 1.70. The lowest BCUT2D eigenvalue weighted by Crippen LogP contribution is -2.04. The number of phenols is 1. The number of fused-ring (bicyclic) bond motifs is 1. The molecule has 16 heavy (non-hydrogen) atoms. The normalized spacial score (nSPS) is 18.6. The molecule has 1 atom stereocenters. The van der Waals surface area contributed by atoms with Gasteiger partial charge < -0.3 is 14.6 Å². The lowest BCUT2D eigenvalue weighted by molar-refractivity contribution is 0.265. The fourth-order valence-electron chi connectivity index (χ4n) is 1.73. The zero-order valence-electron chi connectivity index (χ0n) is 8.72. The van der Waals surface area contributed by atoms with Crippen LogP contribution in [-0.4, -0.2) is 24.4 Å². The maximum absolute atomic E-state index is 9.71. The van der Waals surface area contributed by atoms with Crippen LogP contribution in [0, 0.1) is 0 Å². The second-order valence-electron chi connectivity index (χ2n) is 3.89. The predicted molar refractivity (Wildman–Crippen MR) is 60.8 cm³/mol. The van der Waals surface area contributed by atoms with E-state index in [0.29, 0.717) is 6.61 Å². The van der Waals surface area contributed by atoms with E-state index in [1.54, 1.807) is 12.1 Å². The van der Waals surface area contributed by atoms with Gasteiger partial charge in [0.25, 0.3) is 0 Å². The van der Waals surface area contributed by atoms with Gasteiger partial charge in [-0.2, -0.15) is 0 Å². The largest absolute Gasteiger partial charge is 0.507 e. The second kappa shape index (κ2) is 3.68. The molecule has 1 N–H and O–H groups in total. The lowest BCUT2D eigenvalue weighted by Gasteiger charge is -2.09. The molecule has 0 aromatic heterocycles. The highest BCUT2D eigenvalue weighted by Gasteiger charge is 2.23. The van der Waals surface area contributed by atoms with Gasteiger partial charge in [0.05, 0.1) is 6.61 Å². The summed E-state index contributed by atoms with van der Waals surface area (Å²) in [5, 5.41) is 11.5. The first-order valence-electron chi connectivity index (χ1n) is 5.30. The number of benzene rings is 2. The van der Waals surface area contributed by atoms with Crippen LogP contribution in [0.4, 0.5) is 0 Å². The van der Waals surface area contributed by atoms with E-state index in [1.165, 1.54) is 0 Å². The number of phenolic OH excluding ortho intramolecular Hbond substituents is 1. The minimum Gasteiger partial charge on any atom is -0.507 e. The number of rotatable bonds is 3. The van der Waals surface area contributed by atoms with Crippen molar-refractivity contribution in [3.8, 4) is 11.5 Å². The molecule has 1 aliphatic heterocycles. The van der Waals surface area contributed by atoms with Gasteiger partial charge in [0.2, 0.25) is 0 Å². The number of epoxide rings is 1. The molecule has 3 heteroatoms. The van der Waals surface area contributed by atoms with Crippen LogP contribution in [0.25, 0.3) is 10.8 Å². The minimum absolute atomic E-state index is 0.243. The van der Waals surface area contributed by atoms with E-state index < -0.39 is 0 Å². The van der Waals surface area contributed by atoms with E-state index in [1.807, 2.05) is 24.3 Å². The zero-order chi connectivity index (χ0) is 11.0. The molecule has 1 unspecified atom stereocenters. The highest BCUT2D eigenvalue weighted by atomic mass is 16.6. The molecule has 0 radical (unpaired) electrons. The summed E-state index contributed by atoms with van der Waals surface area (Å²) in [5.41, 5.74) is 0. The molecule has 1 heterocycles. The quantitative estimate of drug-likeness (QED) is 0.800. The second-order valence-corrected chi connectivity index (χ2v) is 3.89. The summed E-state index contributed by atoms with van der Waals surface area (Å²) in [4.78, 5) is 0. The van der Waals surface area contributed by atoms with Gasteiger partial charge in [-0.15, -0.1) is 0 Å². The Morgan fingerprint density at radius 3 is 2.69 bits per heavy atom. The Bertz CT molecular complexity index is 518. The molecule has 0 bridgehead atoms. The van der Waals surface area contributed by atoms with E-state index in [4.69, 9.17) is 9.47 Å². The minimum atomic E-state index is 0.243. The fourth-order valence-corrected chi connectivity index (χ4v) is 1.73. The molecule has 2 aromatic rings. The van der Waals surface area contributed by atoms with Gasteiger partial charge in [0.15, 0.2) is 0 Å². The first-order valence-corrected chi connectivity index (χ1v) is 5.30. The Morgan fingerprint density at radius 1 is 1.19 bits per heavy atom. The van der Waals surface area contributed by atoms with Crippen LogP contribution in [0.3, 0.4) is 0 Å². The molecule has 1 saturated heterocycles. The van der Waals surface area contributed by atoms with Gasteiger partial charge in [0.1, 0.15) is 24.2 Å². The van der Waals surface area contributed by atoms with Gasteiger partial charge >= 0.3 is 0 Å². The number of ether oxygens (including phenoxy) is 2. The summed E-state index contributed by atoms with van der Waals surface area (Å²) in [5.74, 6) is 1.08. The first-order chi connectivity index (χ1) is 7.84. The number of hydrogen-bond acceptors (Lipinski definition) is 3. The van der Waals surface area contributed by atoms with Gasteiger partial charge in [-0.1, -0.05) is 24.3 Å². The molecular weight excluding hydrogens is 204 g/mol. The van der Waals surface area contributed by atoms with Gasteiger partial charge in [-0.25, -0.2) is 0 Å². The maximum atomic E-state index is 9.71. The number of hydrogen-bond donors (Lipinski definition) is 1. The molecule has 3 rings (SSSR count). The fraction of sp³-hybridized carbons (Fsp3) is 0.231. The Kier molecular flexibility index (Phi) is 2.18. The van der Waals surface area contributed by atoms with Crippen molar-refractivity contribution < 1.29 is 14.6 Å². The summed E-state index contributed by atoms with van der Waals surface area (Å²) in [6.45, 7) is 1.37. The van der Waals surface area contributed by atoms with Gasteiger partial charge in [0, 0.05) is 10.8 Å².